The first-order chi connectivity index (χ1) is 33.3. The average molecular weight is 965 g/mol. The number of nitrogens with one attached hydrogen (secondary N) is 5. The van der Waals surface area contributed by atoms with Crippen LogP contribution in [0, 0.1) is 6.92 Å². The van der Waals surface area contributed by atoms with E-state index in [1.165, 1.54) is 18.2 Å². The number of amides is 7. The molecule has 69 heavy (non-hydrogen) atoms. The van der Waals surface area contributed by atoms with Crippen molar-refractivity contribution in [1.82, 2.24) is 35.7 Å². The fourth-order valence-corrected chi connectivity index (χ4v) is 8.65. The van der Waals surface area contributed by atoms with Gasteiger partial charge in [0.05, 0.1) is 16.0 Å². The largest absolute Gasteiger partial charge is 0.483 e. The van der Waals surface area contributed by atoms with Crippen LogP contribution in [0.3, 0.4) is 0 Å². The number of imide groups is 2. The number of aryl methyl sites for hydroxylation is 1. The second-order valence-corrected chi connectivity index (χ2v) is 17.9. The van der Waals surface area contributed by atoms with Gasteiger partial charge < -0.3 is 40.4 Å². The Morgan fingerprint density at radius 2 is 1.51 bits per heavy atom. The fourth-order valence-electron chi connectivity index (χ4n) is 8.22. The summed E-state index contributed by atoms with van der Waals surface area (Å²) in [7, 11) is 0. The smallest absolute Gasteiger partial charge is 0.266 e. The van der Waals surface area contributed by atoms with E-state index in [2.05, 4.69) is 41.5 Å². The van der Waals surface area contributed by atoms with E-state index in [4.69, 9.17) is 4.74 Å². The molecule has 0 saturated carbocycles. The van der Waals surface area contributed by atoms with Crippen LogP contribution in [0.1, 0.15) is 90.5 Å². The van der Waals surface area contributed by atoms with Crippen LogP contribution < -0.4 is 36.2 Å². The number of hydrogen-bond donors (Lipinski definition) is 6. The number of carbonyl (C=O) groups is 7. The Labute approximate surface area is 401 Å². The summed E-state index contributed by atoms with van der Waals surface area (Å²) in [6, 6.07) is 17.9. The van der Waals surface area contributed by atoms with Crippen LogP contribution >= 0.6 is 0 Å². The van der Waals surface area contributed by atoms with Crippen molar-refractivity contribution in [3.05, 3.63) is 89.6 Å². The third-order valence-corrected chi connectivity index (χ3v) is 12.7. The zero-order chi connectivity index (χ0) is 48.9. The number of aromatic nitrogens is 2. The number of piperidine rings is 1. The van der Waals surface area contributed by atoms with Gasteiger partial charge in [0.2, 0.25) is 29.6 Å². The van der Waals surface area contributed by atoms with Gasteiger partial charge in [0, 0.05) is 87.4 Å². The second kappa shape index (κ2) is 23.6. The molecule has 2 unspecified atom stereocenters. The highest BCUT2D eigenvalue weighted by atomic mass is 32.2. The van der Waals surface area contributed by atoms with Crippen LogP contribution in [0.4, 0.5) is 28.8 Å². The molecule has 6 N–H and O–H groups in total. The average Bonchev–Trinajstić information content (AvgIpc) is 3.60. The van der Waals surface area contributed by atoms with Crippen LogP contribution in [0.25, 0.3) is 0 Å². The molecule has 0 spiro atoms. The maximum Gasteiger partial charge on any atom is 0.266 e. The molecule has 4 heterocycles. The van der Waals surface area contributed by atoms with E-state index < -0.39 is 40.8 Å². The van der Waals surface area contributed by atoms with E-state index in [9.17, 15) is 42.3 Å². The van der Waals surface area contributed by atoms with Gasteiger partial charge in [0.15, 0.2) is 17.7 Å². The van der Waals surface area contributed by atoms with Crippen molar-refractivity contribution in [2.45, 2.75) is 82.1 Å². The summed E-state index contributed by atoms with van der Waals surface area (Å²) in [6.45, 7) is 4.93. The summed E-state index contributed by atoms with van der Waals surface area (Å²) >= 11 is -2.09. The molecule has 1 aromatic heterocycles. The van der Waals surface area contributed by atoms with E-state index in [-0.39, 0.29) is 71.8 Å². The Bertz CT molecular complexity index is 2590. The van der Waals surface area contributed by atoms with Crippen molar-refractivity contribution in [2.75, 3.05) is 61.4 Å². The summed E-state index contributed by atoms with van der Waals surface area (Å²) in [5.74, 6) is -2.08. The van der Waals surface area contributed by atoms with Crippen LogP contribution in [0.5, 0.6) is 5.75 Å². The highest BCUT2D eigenvalue weighted by Gasteiger charge is 2.46. The molecular formula is C48H56N10O10S. The van der Waals surface area contributed by atoms with Gasteiger partial charge in [-0.25, -0.2) is 9.19 Å². The predicted octanol–water partition coefficient (Wildman–Crippen LogP) is 4.33. The summed E-state index contributed by atoms with van der Waals surface area (Å²) < 4.78 is 26.5. The molecule has 0 radical (unpaired) electrons. The number of unbranched alkanes of at least 4 members (excludes halogenated alkanes) is 5. The van der Waals surface area contributed by atoms with Crippen molar-refractivity contribution in [3.63, 3.8) is 0 Å². The predicted molar refractivity (Wildman–Crippen MR) is 256 cm³/mol. The first kappa shape index (κ1) is 49.6. The molecule has 3 aromatic carbocycles. The van der Waals surface area contributed by atoms with Gasteiger partial charge >= 0.3 is 0 Å². The molecule has 2 fully saturated rings. The van der Waals surface area contributed by atoms with E-state index in [1.807, 2.05) is 36.1 Å². The van der Waals surface area contributed by atoms with Gasteiger partial charge in [-0.3, -0.25) is 43.8 Å². The Morgan fingerprint density at radius 1 is 0.812 bits per heavy atom. The zero-order valence-corrected chi connectivity index (χ0v) is 39.1. The van der Waals surface area contributed by atoms with Crippen LogP contribution in [0.2, 0.25) is 0 Å². The summed E-state index contributed by atoms with van der Waals surface area (Å²) in [4.78, 5) is 102. The number of nitrogens with zero attached hydrogens (tertiary/aromatic N) is 5. The number of benzene rings is 3. The van der Waals surface area contributed by atoms with Crippen molar-refractivity contribution in [2.24, 2.45) is 0 Å². The number of carbonyl (C=O) groups excluding carboxylic acids is 7. The highest BCUT2D eigenvalue weighted by molar-refractivity contribution is 7.79. The molecule has 2 saturated heterocycles. The monoisotopic (exact) mass is 964 g/mol. The van der Waals surface area contributed by atoms with Gasteiger partial charge in [-0.15, -0.1) is 0 Å². The molecule has 7 amide bonds. The van der Waals surface area contributed by atoms with E-state index in [1.54, 1.807) is 30.5 Å². The molecule has 4 aromatic rings. The summed E-state index contributed by atoms with van der Waals surface area (Å²) in [6.07, 6.45) is 7.37. The van der Waals surface area contributed by atoms with Crippen molar-refractivity contribution in [1.29, 1.82) is 0 Å². The molecule has 2 atom stereocenters. The Kier molecular flexibility index (Phi) is 17.0. The highest BCUT2D eigenvalue weighted by Crippen LogP contribution is 2.34. The van der Waals surface area contributed by atoms with Gasteiger partial charge in [-0.05, 0) is 80.8 Å². The minimum absolute atomic E-state index is 0.00945. The van der Waals surface area contributed by atoms with E-state index in [0.717, 1.165) is 60.4 Å². The fraction of sp³-hybridized carbons (Fsp3) is 0.396. The quantitative estimate of drug-likeness (QED) is 0.0364. The molecular weight excluding hydrogens is 909 g/mol. The van der Waals surface area contributed by atoms with Gasteiger partial charge in [0.1, 0.15) is 17.6 Å². The maximum atomic E-state index is 13.2. The van der Waals surface area contributed by atoms with Gasteiger partial charge in [-0.1, -0.05) is 37.8 Å². The minimum Gasteiger partial charge on any atom is -0.483 e. The number of hydrogen-bond acceptors (Lipinski definition) is 14. The number of rotatable bonds is 22. The lowest BCUT2D eigenvalue weighted by Gasteiger charge is -2.36. The second-order valence-electron chi connectivity index (χ2n) is 16.9. The molecule has 7 rings (SSSR count). The van der Waals surface area contributed by atoms with E-state index >= 15 is 0 Å². The van der Waals surface area contributed by atoms with Gasteiger partial charge in [0.25, 0.3) is 17.7 Å². The third kappa shape index (κ3) is 13.3. The normalized spacial score (nSPS) is 16.1. The summed E-state index contributed by atoms with van der Waals surface area (Å²) in [5, 5.41) is 14.3. The molecule has 0 aliphatic carbocycles. The number of piperazine rings is 1. The first-order valence-electron chi connectivity index (χ1n) is 23.1. The SMILES string of the molecule is Cc1cnc(Nc2ccc(N3CCN(C(=O)CCC(=O)NCCCCCCCCNC(=O)COc4cccc5c4C(=O)N(C4CCC(=O)NC4=O)C5=O)CC3)cc2)nc1Nc1cccc(S(=O)O)c1. The van der Waals surface area contributed by atoms with Crippen LogP contribution in [-0.2, 0) is 35.1 Å². The Morgan fingerprint density at radius 3 is 2.22 bits per heavy atom. The molecule has 3 aliphatic rings. The first-order valence-corrected chi connectivity index (χ1v) is 24.2. The Balaban J connectivity index is 0.704. The molecule has 364 valence electrons. The lowest BCUT2D eigenvalue weighted by molar-refractivity contribution is -0.136. The zero-order valence-electron chi connectivity index (χ0n) is 38.3. The maximum absolute atomic E-state index is 13.2. The molecule has 0 bridgehead atoms. The lowest BCUT2D eigenvalue weighted by atomic mass is 10.0. The van der Waals surface area contributed by atoms with Crippen molar-refractivity contribution < 1.29 is 47.1 Å². The lowest BCUT2D eigenvalue weighted by Crippen LogP contribution is -2.54. The molecule has 20 nitrogen and oxygen atoms in total. The van der Waals surface area contributed by atoms with Crippen molar-refractivity contribution >= 4 is 81.3 Å². The number of anilines is 5. The molecule has 21 heteroatoms. The number of ether oxygens (including phenoxy) is 1. The Hall–Kier alpha value is -7.26. The standard InChI is InChI=1S/C48H56N10O10S/c1-31-29-51-48(55-44(31)52-33-10-8-11-35(28-33)69(66)67)53-32-14-16-34(17-15-32)56-24-26-57(27-25-56)42(62)21-20-39(59)49-22-6-4-2-3-5-7-23-50-41(61)30-68-38-13-9-12-36-43(38)47(65)58(46(36)64)37-18-19-40(60)54-45(37)63/h8-17,28-29,37H,2-7,18-27,30H2,1H3,(H,49,59)(H,50,61)(H,66,67)(H,54,60,63)(H2,51,52,53,55). The topological polar surface area (TPSA) is 262 Å². The number of fused-ring (bicyclic) bond motifs is 1. The van der Waals surface area contributed by atoms with Crippen LogP contribution in [-0.4, -0.2) is 122 Å². The van der Waals surface area contributed by atoms with Gasteiger partial charge in [-0.2, -0.15) is 4.98 Å². The molecule has 3 aliphatic heterocycles. The van der Waals surface area contributed by atoms with Crippen molar-refractivity contribution in [3.8, 4) is 5.75 Å². The minimum atomic E-state index is -2.09. The summed E-state index contributed by atoms with van der Waals surface area (Å²) in [5.41, 5.74) is 3.30. The van der Waals surface area contributed by atoms with Crippen LogP contribution in [0.15, 0.2) is 77.8 Å². The van der Waals surface area contributed by atoms with E-state index in [0.29, 0.717) is 56.7 Å². The third-order valence-electron chi connectivity index (χ3n) is 12.0.